The van der Waals surface area contributed by atoms with Gasteiger partial charge in [0.1, 0.15) is 11.6 Å². The number of hydrogen-bond donors (Lipinski definition) is 0. The zero-order valence-electron chi connectivity index (χ0n) is 36.3. The Bertz CT molecular complexity index is 2950. The summed E-state index contributed by atoms with van der Waals surface area (Å²) in [5.74, 6) is -6.63. The highest BCUT2D eigenvalue weighted by molar-refractivity contribution is 5.66. The van der Waals surface area contributed by atoms with Crippen molar-refractivity contribution in [1.82, 2.24) is 58.6 Å². The summed E-state index contributed by atoms with van der Waals surface area (Å²) in [6.07, 6.45) is 17.1. The number of aryl methyl sites for hydroxylation is 6. The zero-order valence-corrected chi connectivity index (χ0v) is 36.3. The largest absolute Gasteiger partial charge is 0.304 e. The van der Waals surface area contributed by atoms with Crippen LogP contribution in [0.4, 0.5) is 26.3 Å². The van der Waals surface area contributed by atoms with Crippen molar-refractivity contribution in [3.8, 4) is 11.4 Å². The summed E-state index contributed by atoms with van der Waals surface area (Å²) in [5, 5.41) is 8.98. The third-order valence-electron chi connectivity index (χ3n) is 11.6. The molecule has 2 aliphatic heterocycles. The van der Waals surface area contributed by atoms with Crippen LogP contribution in [0, 0.1) is 62.6 Å². The Balaban J connectivity index is 0.000000166. The fourth-order valence-corrected chi connectivity index (χ4v) is 8.39. The van der Waals surface area contributed by atoms with Gasteiger partial charge < -0.3 is 9.13 Å². The van der Waals surface area contributed by atoms with E-state index >= 15 is 0 Å². The molecule has 0 unspecified atom stereocenters. The van der Waals surface area contributed by atoms with Gasteiger partial charge in [0.2, 0.25) is 0 Å². The molecule has 2 atom stereocenters. The molecule has 10 rings (SSSR count). The van der Waals surface area contributed by atoms with E-state index in [0.717, 1.165) is 70.5 Å². The van der Waals surface area contributed by atoms with E-state index in [1.807, 2.05) is 85.6 Å². The quantitative estimate of drug-likeness (QED) is 0.109. The minimum Gasteiger partial charge on any atom is -0.304 e. The average molecular weight is 901 g/mol. The summed E-state index contributed by atoms with van der Waals surface area (Å²) in [6, 6.07) is 12.2. The molecule has 2 aliphatic rings. The van der Waals surface area contributed by atoms with Crippen molar-refractivity contribution < 1.29 is 26.3 Å². The van der Waals surface area contributed by atoms with Crippen molar-refractivity contribution in [2.45, 2.75) is 78.3 Å². The first-order valence-corrected chi connectivity index (χ1v) is 21.3. The Morgan fingerprint density at radius 1 is 0.500 bits per heavy atom. The lowest BCUT2D eigenvalue weighted by molar-refractivity contribution is 0.411. The second-order valence-corrected chi connectivity index (χ2v) is 16.2. The molecular weight excluding hydrogens is 859 g/mol. The molecule has 0 saturated carbocycles. The number of fused-ring (bicyclic) bond motifs is 2. The van der Waals surface area contributed by atoms with E-state index in [-0.39, 0.29) is 11.1 Å². The first-order valence-electron chi connectivity index (χ1n) is 21.3. The lowest BCUT2D eigenvalue weighted by Crippen LogP contribution is -2.19. The smallest absolute Gasteiger partial charge is 0.194 e. The Morgan fingerprint density at radius 2 is 0.924 bits per heavy atom. The molecule has 0 amide bonds. The number of rotatable bonds is 8. The molecule has 66 heavy (non-hydrogen) atoms. The molecule has 12 nitrogen and oxygen atoms in total. The van der Waals surface area contributed by atoms with Gasteiger partial charge in [0.05, 0.1) is 58.2 Å². The molecule has 0 fully saturated rings. The highest BCUT2D eigenvalue weighted by Crippen LogP contribution is 2.36. The molecule has 8 aromatic rings. The van der Waals surface area contributed by atoms with Crippen molar-refractivity contribution in [3.05, 3.63) is 177 Å². The van der Waals surface area contributed by atoms with Gasteiger partial charge in [0.25, 0.3) is 0 Å². The molecule has 0 radical (unpaired) electrons. The van der Waals surface area contributed by atoms with E-state index in [2.05, 4.69) is 40.1 Å². The van der Waals surface area contributed by atoms with Gasteiger partial charge in [0.15, 0.2) is 46.6 Å². The molecule has 0 aliphatic carbocycles. The van der Waals surface area contributed by atoms with Crippen LogP contribution in [0.2, 0.25) is 0 Å². The van der Waals surface area contributed by atoms with Crippen molar-refractivity contribution >= 4 is 24.3 Å². The summed E-state index contributed by atoms with van der Waals surface area (Å²) in [5.41, 5.74) is 7.11. The fraction of sp³-hybridized carbons (Fsp3) is 0.250. The summed E-state index contributed by atoms with van der Waals surface area (Å²) < 4.78 is 90.4. The van der Waals surface area contributed by atoms with Gasteiger partial charge in [-0.15, -0.1) is 0 Å². The average Bonchev–Trinajstić information content (AvgIpc) is 4.13. The van der Waals surface area contributed by atoms with Gasteiger partial charge in [-0.05, 0) is 114 Å². The monoisotopic (exact) mass is 900 g/mol. The predicted molar refractivity (Wildman–Crippen MR) is 234 cm³/mol. The highest BCUT2D eigenvalue weighted by atomic mass is 19.2. The molecule has 0 N–H and O–H groups in total. The van der Waals surface area contributed by atoms with Crippen LogP contribution >= 0.6 is 0 Å². The van der Waals surface area contributed by atoms with Crippen LogP contribution in [-0.2, 0) is 13.1 Å². The number of nitrogens with zero attached hydrogens (tertiary/aromatic N) is 12. The van der Waals surface area contributed by atoms with Gasteiger partial charge in [-0.25, -0.2) is 55.6 Å². The van der Waals surface area contributed by atoms with E-state index in [9.17, 15) is 26.3 Å². The maximum atomic E-state index is 14.4. The van der Waals surface area contributed by atoms with Gasteiger partial charge in [-0.1, -0.05) is 12.1 Å². The summed E-state index contributed by atoms with van der Waals surface area (Å²) in [4.78, 5) is 26.8. The first-order chi connectivity index (χ1) is 31.8. The van der Waals surface area contributed by atoms with Gasteiger partial charge in [0, 0.05) is 48.4 Å². The minimum atomic E-state index is -1.46. The fourth-order valence-electron chi connectivity index (χ4n) is 8.39. The summed E-state index contributed by atoms with van der Waals surface area (Å²) in [6.45, 7) is 8.98. The Kier molecular flexibility index (Phi) is 12.0. The van der Waals surface area contributed by atoms with Crippen molar-refractivity contribution in [2.75, 3.05) is 0 Å². The summed E-state index contributed by atoms with van der Waals surface area (Å²) >= 11 is 0. The van der Waals surface area contributed by atoms with Gasteiger partial charge >= 0.3 is 0 Å². The highest BCUT2D eigenvalue weighted by Gasteiger charge is 2.31. The first kappa shape index (κ1) is 43.7. The lowest BCUT2D eigenvalue weighted by Gasteiger charge is -2.22. The Hall–Kier alpha value is -7.50. The molecule has 0 bridgehead atoms. The third kappa shape index (κ3) is 8.82. The molecule has 2 aromatic carbocycles. The van der Waals surface area contributed by atoms with Crippen LogP contribution < -0.4 is 0 Å². The van der Waals surface area contributed by atoms with Crippen molar-refractivity contribution in [1.29, 1.82) is 0 Å². The number of benzene rings is 2. The van der Waals surface area contributed by atoms with Crippen molar-refractivity contribution in [3.63, 3.8) is 0 Å². The molecule has 336 valence electrons. The second-order valence-electron chi connectivity index (χ2n) is 16.2. The third-order valence-corrected chi connectivity index (χ3v) is 11.6. The molecule has 0 saturated heterocycles. The van der Waals surface area contributed by atoms with Gasteiger partial charge in [-0.3, -0.25) is 9.97 Å². The standard InChI is InChI=1S/2C24H21F3N6/c2*1-14-12-32(13-28-14)20-9-5-16(29-15(20)2)6-10-21-30-24-18(4-3-11-33(24)31-21)17-7-8-19(25)23(27)22(17)26/h2*5-10,12-13,18H,3-4,11H2,1-2H3/b2*10-6+/t2*18-/m10/s1. The Morgan fingerprint density at radius 3 is 1.30 bits per heavy atom. The van der Waals surface area contributed by atoms with Crippen LogP contribution in [0.1, 0.15) is 106 Å². The van der Waals surface area contributed by atoms with E-state index < -0.39 is 46.7 Å². The van der Waals surface area contributed by atoms with Crippen molar-refractivity contribution in [2.24, 2.45) is 0 Å². The van der Waals surface area contributed by atoms with Crippen LogP contribution in [0.5, 0.6) is 0 Å². The number of imidazole rings is 2. The van der Waals surface area contributed by atoms with E-state index in [0.29, 0.717) is 49.2 Å². The van der Waals surface area contributed by atoms with Crippen LogP contribution in [-0.4, -0.2) is 58.6 Å². The Labute approximate surface area is 375 Å². The second kappa shape index (κ2) is 18.2. The predicted octanol–water partition coefficient (Wildman–Crippen LogP) is 9.98. The normalized spacial score (nSPS) is 15.8. The summed E-state index contributed by atoms with van der Waals surface area (Å²) in [7, 11) is 0. The lowest BCUT2D eigenvalue weighted by atomic mass is 9.90. The zero-order chi connectivity index (χ0) is 46.2. The number of halogens is 6. The van der Waals surface area contributed by atoms with E-state index in [4.69, 9.17) is 0 Å². The van der Waals surface area contributed by atoms with Crippen LogP contribution in [0.25, 0.3) is 35.7 Å². The topological polar surface area (TPSA) is 123 Å². The number of aromatic nitrogens is 12. The molecule has 0 spiro atoms. The van der Waals surface area contributed by atoms with Gasteiger partial charge in [-0.2, -0.15) is 10.2 Å². The molecule has 6 aromatic heterocycles. The minimum absolute atomic E-state index is 0.0976. The SMILES string of the molecule is Cc1cn(-c2ccc(/C=C/c3nc4n(n3)CCC[C@@H]4c3ccc(F)c(F)c3F)nc2C)cn1.Cc1cn(-c2ccc(/C=C/c3nc4n(n3)CCC[C@H]4c3ccc(F)c(F)c3F)nc2C)cn1. The molecular formula is C48H42F6N12. The molecule has 18 heteroatoms. The van der Waals surface area contributed by atoms with E-state index in [1.165, 1.54) is 12.1 Å². The number of pyridine rings is 2. The molecule has 8 heterocycles. The van der Waals surface area contributed by atoms with Crippen LogP contribution in [0.3, 0.4) is 0 Å². The maximum absolute atomic E-state index is 14.4. The van der Waals surface area contributed by atoms with E-state index in [1.54, 1.807) is 34.2 Å². The maximum Gasteiger partial charge on any atom is 0.194 e. The number of hydrogen-bond acceptors (Lipinski definition) is 8. The van der Waals surface area contributed by atoms with Crippen LogP contribution in [0.15, 0.2) is 73.6 Å².